The Hall–Kier alpha value is -1.49. The minimum Gasteiger partial charge on any atom is -0.366 e. The van der Waals surface area contributed by atoms with Crippen molar-refractivity contribution in [3.8, 4) is 0 Å². The third-order valence-corrected chi connectivity index (χ3v) is 1.83. The van der Waals surface area contributed by atoms with Gasteiger partial charge in [0.25, 0.3) is 5.91 Å². The lowest BCUT2D eigenvalue weighted by Crippen LogP contribution is -2.25. The van der Waals surface area contributed by atoms with Crippen molar-refractivity contribution in [2.75, 3.05) is 5.88 Å². The van der Waals surface area contributed by atoms with Crippen LogP contribution in [0, 0.1) is 0 Å². The number of nitrogens with one attached hydrogen (secondary N) is 1. The van der Waals surface area contributed by atoms with Crippen LogP contribution in [0.2, 0.25) is 0 Å². The van der Waals surface area contributed by atoms with E-state index in [4.69, 9.17) is 5.73 Å². The molecule has 74 valence electrons. The van der Waals surface area contributed by atoms with Crippen molar-refractivity contribution in [1.29, 1.82) is 0 Å². The zero-order valence-corrected chi connectivity index (χ0v) is 8.25. The fraction of sp³-hybridized carbons (Fsp3) is 0.111. The Kier molecular flexibility index (Phi) is 3.53. The lowest BCUT2D eigenvalue weighted by molar-refractivity contribution is 0.0942. The summed E-state index contributed by atoms with van der Waals surface area (Å²) < 4.78 is 0. The third kappa shape index (κ3) is 2.26. The molecule has 0 aromatic heterocycles. The molecule has 3 N–H and O–H groups in total. The van der Waals surface area contributed by atoms with E-state index in [9.17, 15) is 9.59 Å². The van der Waals surface area contributed by atoms with E-state index in [-0.39, 0.29) is 22.9 Å². The van der Waals surface area contributed by atoms with Gasteiger partial charge in [0.15, 0.2) is 0 Å². The predicted octanol–water partition coefficient (Wildman–Crippen LogP) is 0.403. The Labute approximate surface area is 86.9 Å². The summed E-state index contributed by atoms with van der Waals surface area (Å²) in [4.78, 5) is 22.4. The van der Waals surface area contributed by atoms with Crippen LogP contribution < -0.4 is 11.1 Å². The molecule has 0 saturated heterocycles. The number of primary amides is 1. The van der Waals surface area contributed by atoms with Gasteiger partial charge in [0.2, 0.25) is 5.91 Å². The monoisotopic (exact) mass is 210 g/mol. The molecule has 0 aliphatic heterocycles. The Morgan fingerprint density at radius 2 is 1.86 bits per heavy atom. The minimum atomic E-state index is -0.616. The molecule has 0 atom stereocenters. The van der Waals surface area contributed by atoms with Crippen LogP contribution in [0.1, 0.15) is 20.7 Å². The van der Waals surface area contributed by atoms with E-state index in [0.29, 0.717) is 0 Å². The Morgan fingerprint density at radius 3 is 2.36 bits per heavy atom. The summed E-state index contributed by atoms with van der Waals surface area (Å²) in [5.41, 5.74) is 5.60. The Bertz CT molecular complexity index is 366. The SMILES string of the molecule is NC(=O)c1ccccc1C(=O)NCS. The topological polar surface area (TPSA) is 72.2 Å². The van der Waals surface area contributed by atoms with E-state index >= 15 is 0 Å². The van der Waals surface area contributed by atoms with Crippen LogP contribution in [-0.2, 0) is 0 Å². The highest BCUT2D eigenvalue weighted by Gasteiger charge is 2.12. The Balaban J connectivity index is 3.07. The number of thiol groups is 1. The highest BCUT2D eigenvalue weighted by Crippen LogP contribution is 2.07. The molecule has 0 aliphatic carbocycles. The number of carbonyl (C=O) groups is 2. The van der Waals surface area contributed by atoms with Crippen LogP contribution in [0.15, 0.2) is 24.3 Å². The maximum atomic E-state index is 11.4. The molecule has 0 aliphatic rings. The van der Waals surface area contributed by atoms with Crippen molar-refractivity contribution in [2.24, 2.45) is 5.73 Å². The summed E-state index contributed by atoms with van der Waals surface area (Å²) in [6, 6.07) is 6.37. The van der Waals surface area contributed by atoms with E-state index < -0.39 is 5.91 Å². The Morgan fingerprint density at radius 1 is 1.29 bits per heavy atom. The van der Waals surface area contributed by atoms with Gasteiger partial charge in [-0.1, -0.05) is 12.1 Å². The first kappa shape index (κ1) is 10.6. The zero-order valence-electron chi connectivity index (χ0n) is 7.36. The van der Waals surface area contributed by atoms with Crippen LogP contribution in [0.5, 0.6) is 0 Å². The summed E-state index contributed by atoms with van der Waals surface area (Å²) in [7, 11) is 0. The molecule has 0 spiro atoms. The maximum Gasteiger partial charge on any atom is 0.252 e. The number of amides is 2. The van der Waals surface area contributed by atoms with Crippen LogP contribution in [0.3, 0.4) is 0 Å². The molecule has 1 aromatic rings. The van der Waals surface area contributed by atoms with Crippen molar-refractivity contribution >= 4 is 24.4 Å². The van der Waals surface area contributed by atoms with Gasteiger partial charge in [-0.05, 0) is 12.1 Å². The minimum absolute atomic E-state index is 0.214. The lowest BCUT2D eigenvalue weighted by Gasteiger charge is -2.05. The average Bonchev–Trinajstić information content (AvgIpc) is 2.18. The van der Waals surface area contributed by atoms with Crippen molar-refractivity contribution < 1.29 is 9.59 Å². The summed E-state index contributed by atoms with van der Waals surface area (Å²) in [6.45, 7) is 0. The molecule has 0 heterocycles. The molecule has 0 saturated carbocycles. The van der Waals surface area contributed by atoms with Crippen LogP contribution in [-0.4, -0.2) is 17.7 Å². The van der Waals surface area contributed by atoms with Gasteiger partial charge in [-0.15, -0.1) is 0 Å². The molecule has 0 radical (unpaired) electrons. The summed E-state index contributed by atoms with van der Waals surface area (Å²) in [5, 5.41) is 2.47. The van der Waals surface area contributed by atoms with E-state index in [1.54, 1.807) is 18.2 Å². The van der Waals surface area contributed by atoms with Gasteiger partial charge in [-0.2, -0.15) is 12.6 Å². The molecule has 0 unspecified atom stereocenters. The summed E-state index contributed by atoms with van der Waals surface area (Å²) in [6.07, 6.45) is 0. The third-order valence-electron chi connectivity index (χ3n) is 1.68. The normalized spacial score (nSPS) is 9.50. The molecule has 4 nitrogen and oxygen atoms in total. The van der Waals surface area contributed by atoms with Gasteiger partial charge in [-0.3, -0.25) is 9.59 Å². The smallest absolute Gasteiger partial charge is 0.252 e. The van der Waals surface area contributed by atoms with Crippen LogP contribution in [0.4, 0.5) is 0 Å². The van der Waals surface area contributed by atoms with E-state index in [0.717, 1.165) is 0 Å². The molecule has 0 bridgehead atoms. The molecule has 14 heavy (non-hydrogen) atoms. The first-order valence-corrected chi connectivity index (χ1v) is 4.58. The van der Waals surface area contributed by atoms with E-state index in [1.807, 2.05) is 0 Å². The number of nitrogens with two attached hydrogens (primary N) is 1. The highest BCUT2D eigenvalue weighted by molar-refractivity contribution is 7.80. The molecule has 0 fully saturated rings. The van der Waals surface area contributed by atoms with Gasteiger partial charge >= 0.3 is 0 Å². The van der Waals surface area contributed by atoms with Crippen LogP contribution >= 0.6 is 12.6 Å². The van der Waals surface area contributed by atoms with E-state index in [2.05, 4.69) is 17.9 Å². The number of hydrogen-bond acceptors (Lipinski definition) is 3. The van der Waals surface area contributed by atoms with Gasteiger partial charge in [0.05, 0.1) is 17.0 Å². The second-order valence-corrected chi connectivity index (χ2v) is 2.89. The van der Waals surface area contributed by atoms with Gasteiger partial charge in [0, 0.05) is 0 Å². The van der Waals surface area contributed by atoms with Gasteiger partial charge < -0.3 is 11.1 Å². The quantitative estimate of drug-likeness (QED) is 0.499. The first-order valence-electron chi connectivity index (χ1n) is 3.94. The number of carbonyl (C=O) groups excluding carboxylic acids is 2. The van der Waals surface area contributed by atoms with Gasteiger partial charge in [0.1, 0.15) is 0 Å². The standard InChI is InChI=1S/C9H10N2O2S/c10-8(12)6-3-1-2-4-7(6)9(13)11-5-14/h1-4,14H,5H2,(H2,10,12)(H,11,13). The molecular formula is C9H10N2O2S. The first-order chi connectivity index (χ1) is 6.66. The molecule has 2 amide bonds. The van der Waals surface area contributed by atoms with E-state index in [1.165, 1.54) is 6.07 Å². The van der Waals surface area contributed by atoms with Crippen molar-refractivity contribution in [3.05, 3.63) is 35.4 Å². The highest BCUT2D eigenvalue weighted by atomic mass is 32.1. The number of rotatable bonds is 3. The maximum absolute atomic E-state index is 11.4. The second kappa shape index (κ2) is 4.66. The molecule has 1 rings (SSSR count). The number of hydrogen-bond donors (Lipinski definition) is 3. The predicted molar refractivity (Wildman–Crippen MR) is 56.3 cm³/mol. The summed E-state index contributed by atoms with van der Waals surface area (Å²) >= 11 is 3.85. The van der Waals surface area contributed by atoms with Crippen LogP contribution in [0.25, 0.3) is 0 Å². The fourth-order valence-electron chi connectivity index (χ4n) is 1.06. The molecule has 5 heteroatoms. The van der Waals surface area contributed by atoms with Gasteiger partial charge in [-0.25, -0.2) is 0 Å². The zero-order chi connectivity index (χ0) is 10.6. The lowest BCUT2D eigenvalue weighted by atomic mass is 10.1. The van der Waals surface area contributed by atoms with Crippen molar-refractivity contribution in [2.45, 2.75) is 0 Å². The summed E-state index contributed by atoms with van der Waals surface area (Å²) in [5.74, 6) is -0.754. The van der Waals surface area contributed by atoms with Crippen molar-refractivity contribution in [1.82, 2.24) is 5.32 Å². The molecule has 1 aromatic carbocycles. The second-order valence-electron chi connectivity index (χ2n) is 2.57. The largest absolute Gasteiger partial charge is 0.366 e. The fourth-order valence-corrected chi connectivity index (χ4v) is 1.21. The average molecular weight is 210 g/mol. The van der Waals surface area contributed by atoms with Crippen molar-refractivity contribution in [3.63, 3.8) is 0 Å². The molecular weight excluding hydrogens is 200 g/mol. The number of benzene rings is 1.